The van der Waals surface area contributed by atoms with Crippen molar-refractivity contribution in [2.45, 2.75) is 26.4 Å². The Morgan fingerprint density at radius 3 is 2.24 bits per heavy atom. The van der Waals surface area contributed by atoms with E-state index in [1.54, 1.807) is 13.8 Å². The van der Waals surface area contributed by atoms with E-state index in [0.717, 1.165) is 0 Å². The lowest BCUT2D eigenvalue weighted by Gasteiger charge is -2.13. The molecule has 1 aromatic heterocycles. The van der Waals surface area contributed by atoms with Crippen molar-refractivity contribution in [2.24, 2.45) is 0 Å². The molecule has 17 heavy (non-hydrogen) atoms. The van der Waals surface area contributed by atoms with Gasteiger partial charge in [-0.1, -0.05) is 0 Å². The predicted molar refractivity (Wildman–Crippen MR) is 56.9 cm³/mol. The second-order valence-electron chi connectivity index (χ2n) is 3.08. The molecule has 0 saturated carbocycles. The summed E-state index contributed by atoms with van der Waals surface area (Å²) in [4.78, 5) is 20.9. The van der Waals surface area contributed by atoms with Crippen molar-refractivity contribution >= 4 is 0 Å². The van der Waals surface area contributed by atoms with Crippen LogP contribution in [0.2, 0.25) is 0 Å². The Labute approximate surface area is 97.9 Å². The Bertz CT molecular complexity index is 375. The second kappa shape index (κ2) is 6.16. The molecule has 1 N–H and O–H groups in total. The van der Waals surface area contributed by atoms with Crippen molar-refractivity contribution in [3.8, 4) is 12.0 Å². The summed E-state index contributed by atoms with van der Waals surface area (Å²) < 4.78 is 20.0. The van der Waals surface area contributed by atoms with Gasteiger partial charge in [0, 0.05) is 14.2 Å². The molecule has 8 nitrogen and oxygen atoms in total. The van der Waals surface area contributed by atoms with Gasteiger partial charge < -0.3 is 18.9 Å². The van der Waals surface area contributed by atoms with E-state index in [-0.39, 0.29) is 12.0 Å². The van der Waals surface area contributed by atoms with E-state index in [4.69, 9.17) is 18.9 Å². The quantitative estimate of drug-likeness (QED) is 0.699. The highest BCUT2D eigenvalue weighted by atomic mass is 16.7. The Morgan fingerprint density at radius 1 is 1.06 bits per heavy atom. The van der Waals surface area contributed by atoms with Crippen LogP contribution in [0.1, 0.15) is 13.8 Å². The molecule has 0 saturated heterocycles. The minimum absolute atomic E-state index is 0.0300. The number of aromatic nitrogens is 3. The maximum Gasteiger partial charge on any atom is 0.353 e. The average Bonchev–Trinajstić information content (AvgIpc) is 2.27. The summed E-state index contributed by atoms with van der Waals surface area (Å²) in [6.45, 7) is 3.29. The molecule has 8 heteroatoms. The maximum atomic E-state index is 11.2. The van der Waals surface area contributed by atoms with Crippen molar-refractivity contribution in [1.29, 1.82) is 0 Å². The smallest absolute Gasteiger partial charge is 0.353 e. The number of aromatic amines is 1. The van der Waals surface area contributed by atoms with Gasteiger partial charge >= 0.3 is 17.7 Å². The number of rotatable bonds is 6. The number of H-pyrrole nitrogens is 1. The van der Waals surface area contributed by atoms with Crippen LogP contribution in [-0.4, -0.2) is 41.8 Å². The standard InChI is InChI=1S/C9H15N3O5/c1-5(14-3)16-8-10-7(13)11-9(12-8)17-6(2)15-4/h5-6H,1-4H3,(H,10,11,12,13). The van der Waals surface area contributed by atoms with Crippen LogP contribution >= 0.6 is 0 Å². The molecular formula is C9H15N3O5. The first kappa shape index (κ1) is 13.4. The third-order valence-corrected chi connectivity index (χ3v) is 1.82. The zero-order chi connectivity index (χ0) is 12.8. The molecule has 96 valence electrons. The minimum Gasteiger partial charge on any atom is -0.435 e. The fourth-order valence-electron chi connectivity index (χ4n) is 0.857. The van der Waals surface area contributed by atoms with Crippen molar-refractivity contribution in [1.82, 2.24) is 15.0 Å². The minimum atomic E-state index is -0.628. The van der Waals surface area contributed by atoms with Gasteiger partial charge in [0.2, 0.25) is 0 Å². The number of hydrogen-bond acceptors (Lipinski definition) is 7. The molecule has 1 heterocycles. The molecule has 2 atom stereocenters. The van der Waals surface area contributed by atoms with Gasteiger partial charge in [-0.25, -0.2) is 4.79 Å². The largest absolute Gasteiger partial charge is 0.435 e. The third kappa shape index (κ3) is 4.37. The van der Waals surface area contributed by atoms with Gasteiger partial charge in [-0.15, -0.1) is 9.97 Å². The number of nitrogens with zero attached hydrogens (tertiary/aromatic N) is 2. The highest BCUT2D eigenvalue weighted by molar-refractivity contribution is 5.00. The Kier molecular flexibility index (Phi) is 4.85. The predicted octanol–water partition coefficient (Wildman–Crippen LogP) is -0.0927. The van der Waals surface area contributed by atoms with Crippen LogP contribution in [0.3, 0.4) is 0 Å². The first-order valence-corrected chi connectivity index (χ1v) is 4.92. The molecular weight excluding hydrogens is 230 g/mol. The Morgan fingerprint density at radius 2 is 1.65 bits per heavy atom. The van der Waals surface area contributed by atoms with E-state index in [1.807, 2.05) is 0 Å². The lowest BCUT2D eigenvalue weighted by atomic mass is 10.7. The molecule has 0 radical (unpaired) electrons. The fraction of sp³-hybridized carbons (Fsp3) is 0.667. The van der Waals surface area contributed by atoms with Gasteiger partial charge in [-0.3, -0.25) is 4.98 Å². The van der Waals surface area contributed by atoms with Gasteiger partial charge in [0.1, 0.15) is 0 Å². The van der Waals surface area contributed by atoms with Crippen LogP contribution in [0, 0.1) is 0 Å². The van der Waals surface area contributed by atoms with Gasteiger partial charge in [-0.2, -0.15) is 0 Å². The van der Waals surface area contributed by atoms with E-state index < -0.39 is 18.3 Å². The Balaban J connectivity index is 2.82. The maximum absolute atomic E-state index is 11.2. The lowest BCUT2D eigenvalue weighted by molar-refractivity contribution is -0.0522. The fourth-order valence-corrected chi connectivity index (χ4v) is 0.857. The summed E-state index contributed by atoms with van der Waals surface area (Å²) in [7, 11) is 2.93. The number of ether oxygens (including phenoxy) is 4. The third-order valence-electron chi connectivity index (χ3n) is 1.82. The van der Waals surface area contributed by atoms with Crippen LogP contribution in [0.4, 0.5) is 0 Å². The lowest BCUT2D eigenvalue weighted by Crippen LogP contribution is -2.23. The highest BCUT2D eigenvalue weighted by Crippen LogP contribution is 2.08. The summed E-state index contributed by atoms with van der Waals surface area (Å²) >= 11 is 0. The van der Waals surface area contributed by atoms with Crippen LogP contribution < -0.4 is 15.2 Å². The van der Waals surface area contributed by atoms with E-state index >= 15 is 0 Å². The summed E-state index contributed by atoms with van der Waals surface area (Å²) in [5, 5.41) is 0. The molecule has 0 aliphatic heterocycles. The van der Waals surface area contributed by atoms with Crippen LogP contribution in [0.15, 0.2) is 4.79 Å². The second-order valence-corrected chi connectivity index (χ2v) is 3.08. The van der Waals surface area contributed by atoms with Gasteiger partial charge in [-0.05, 0) is 13.8 Å². The summed E-state index contributed by atoms with van der Waals surface area (Å²) in [5.74, 6) is 0. The first-order chi connectivity index (χ1) is 8.05. The zero-order valence-electron chi connectivity index (χ0n) is 10.1. The molecule has 0 aliphatic rings. The van der Waals surface area contributed by atoms with Gasteiger partial charge in [0.15, 0.2) is 12.6 Å². The average molecular weight is 245 g/mol. The van der Waals surface area contributed by atoms with Crippen molar-refractivity contribution in [3.63, 3.8) is 0 Å². The topological polar surface area (TPSA) is 95.6 Å². The molecule has 0 spiro atoms. The number of hydrogen-bond donors (Lipinski definition) is 1. The van der Waals surface area contributed by atoms with Crippen LogP contribution in [-0.2, 0) is 9.47 Å². The van der Waals surface area contributed by atoms with E-state index in [2.05, 4.69) is 15.0 Å². The van der Waals surface area contributed by atoms with Crippen molar-refractivity contribution < 1.29 is 18.9 Å². The van der Waals surface area contributed by atoms with Crippen molar-refractivity contribution in [3.05, 3.63) is 10.5 Å². The van der Waals surface area contributed by atoms with E-state index in [9.17, 15) is 4.79 Å². The number of nitrogens with one attached hydrogen (secondary N) is 1. The molecule has 0 fully saturated rings. The van der Waals surface area contributed by atoms with Crippen LogP contribution in [0.5, 0.6) is 12.0 Å². The van der Waals surface area contributed by atoms with E-state index in [0.29, 0.717) is 0 Å². The summed E-state index contributed by atoms with van der Waals surface area (Å²) in [6.07, 6.45) is -1.11. The molecule has 0 amide bonds. The SMILES string of the molecule is COC(C)Oc1nc(OC(C)OC)[nH]c(=O)n1. The van der Waals surface area contributed by atoms with Crippen LogP contribution in [0.25, 0.3) is 0 Å². The molecule has 0 bridgehead atoms. The van der Waals surface area contributed by atoms with Gasteiger partial charge in [0.25, 0.3) is 0 Å². The van der Waals surface area contributed by atoms with E-state index in [1.165, 1.54) is 14.2 Å². The molecule has 1 rings (SSSR count). The molecule has 2 unspecified atom stereocenters. The normalized spacial score (nSPS) is 14.1. The molecule has 0 aromatic carbocycles. The zero-order valence-corrected chi connectivity index (χ0v) is 10.1. The molecule has 0 aliphatic carbocycles. The Hall–Kier alpha value is -1.67. The number of methoxy groups -OCH3 is 2. The monoisotopic (exact) mass is 245 g/mol. The highest BCUT2D eigenvalue weighted by Gasteiger charge is 2.10. The molecule has 1 aromatic rings. The summed E-state index contributed by atoms with van der Waals surface area (Å²) in [6, 6.07) is -0.154. The van der Waals surface area contributed by atoms with Gasteiger partial charge in [0.05, 0.1) is 0 Å². The van der Waals surface area contributed by atoms with Crippen molar-refractivity contribution in [2.75, 3.05) is 14.2 Å². The first-order valence-electron chi connectivity index (χ1n) is 4.92. The summed E-state index contributed by atoms with van der Waals surface area (Å²) in [5.41, 5.74) is -0.628.